The highest BCUT2D eigenvalue weighted by atomic mass is 35.5. The van der Waals surface area contributed by atoms with Crippen LogP contribution in [0.25, 0.3) is 0 Å². The van der Waals surface area contributed by atoms with Crippen molar-refractivity contribution >= 4 is 12.4 Å². The van der Waals surface area contributed by atoms with Gasteiger partial charge in [-0.15, -0.1) is 12.4 Å². The van der Waals surface area contributed by atoms with E-state index in [2.05, 4.69) is 27.5 Å². The van der Waals surface area contributed by atoms with Gasteiger partial charge in [0.1, 0.15) is 0 Å². The molecular weight excluding hydrogens is 236 g/mol. The molecule has 4 nitrogen and oxygen atoms in total. The number of halogens is 1. The summed E-state index contributed by atoms with van der Waals surface area (Å²) in [5.74, 6) is 0. The number of aromatic nitrogens is 2. The van der Waals surface area contributed by atoms with Crippen LogP contribution in [0.15, 0.2) is 18.6 Å². The van der Waals surface area contributed by atoms with Gasteiger partial charge in [-0.05, 0) is 26.3 Å². The molecule has 0 bridgehead atoms. The Morgan fingerprint density at radius 2 is 2.35 bits per heavy atom. The fourth-order valence-electron chi connectivity index (χ4n) is 2.06. The van der Waals surface area contributed by atoms with Crippen LogP contribution in [0.3, 0.4) is 0 Å². The maximum absolute atomic E-state index is 4.30. The minimum atomic E-state index is 0. The third-order valence-electron chi connectivity index (χ3n) is 3.11. The lowest BCUT2D eigenvalue weighted by Gasteiger charge is -2.25. The van der Waals surface area contributed by atoms with Gasteiger partial charge in [-0.3, -0.25) is 9.97 Å². The normalized spacial score (nSPS) is 21.6. The van der Waals surface area contributed by atoms with Crippen molar-refractivity contribution in [3.8, 4) is 0 Å². The molecule has 0 amide bonds. The summed E-state index contributed by atoms with van der Waals surface area (Å²) in [5, 5.41) is 7.03. The van der Waals surface area contributed by atoms with Gasteiger partial charge in [-0.2, -0.15) is 0 Å². The fourth-order valence-corrected chi connectivity index (χ4v) is 2.06. The monoisotopic (exact) mass is 256 g/mol. The zero-order valence-electron chi connectivity index (χ0n) is 10.2. The second kappa shape index (κ2) is 7.58. The molecule has 0 saturated carbocycles. The van der Waals surface area contributed by atoms with Crippen LogP contribution in [-0.4, -0.2) is 29.1 Å². The summed E-state index contributed by atoms with van der Waals surface area (Å²) in [4.78, 5) is 8.38. The lowest BCUT2D eigenvalue weighted by atomic mass is 10.0. The molecule has 1 saturated heterocycles. The number of hydrogen-bond acceptors (Lipinski definition) is 4. The molecule has 2 heterocycles. The molecular formula is C12H21ClN4. The van der Waals surface area contributed by atoms with E-state index in [-0.39, 0.29) is 18.4 Å². The zero-order chi connectivity index (χ0) is 11.2. The lowest BCUT2D eigenvalue weighted by Crippen LogP contribution is -2.42. The van der Waals surface area contributed by atoms with Crippen molar-refractivity contribution in [3.05, 3.63) is 24.3 Å². The third kappa shape index (κ3) is 4.58. The first-order valence-corrected chi connectivity index (χ1v) is 6.09. The number of piperidine rings is 1. The average Bonchev–Trinajstić information content (AvgIpc) is 2.38. The summed E-state index contributed by atoms with van der Waals surface area (Å²) in [6.45, 7) is 4.30. The van der Waals surface area contributed by atoms with Gasteiger partial charge >= 0.3 is 0 Å². The number of hydrogen-bond donors (Lipinski definition) is 2. The molecule has 2 unspecified atom stereocenters. The minimum Gasteiger partial charge on any atom is -0.313 e. The minimum absolute atomic E-state index is 0. The molecule has 1 aromatic heterocycles. The molecule has 1 aromatic rings. The van der Waals surface area contributed by atoms with E-state index in [4.69, 9.17) is 0 Å². The van der Waals surface area contributed by atoms with Crippen molar-refractivity contribution < 1.29 is 0 Å². The Bertz CT molecular complexity index is 301. The molecule has 17 heavy (non-hydrogen) atoms. The second-order valence-electron chi connectivity index (χ2n) is 4.41. The molecule has 5 heteroatoms. The van der Waals surface area contributed by atoms with Crippen LogP contribution in [0, 0.1) is 0 Å². The smallest absolute Gasteiger partial charge is 0.0753 e. The van der Waals surface area contributed by atoms with Crippen LogP contribution in [0.5, 0.6) is 0 Å². The molecule has 2 N–H and O–H groups in total. The van der Waals surface area contributed by atoms with Crippen molar-refractivity contribution in [1.29, 1.82) is 0 Å². The third-order valence-corrected chi connectivity index (χ3v) is 3.11. The molecule has 0 spiro atoms. The Kier molecular flexibility index (Phi) is 6.40. The van der Waals surface area contributed by atoms with Gasteiger partial charge in [-0.25, -0.2) is 0 Å². The molecule has 2 atom stereocenters. The van der Waals surface area contributed by atoms with Crippen LogP contribution in [0.2, 0.25) is 0 Å². The highest BCUT2D eigenvalue weighted by Gasteiger charge is 2.14. The van der Waals surface area contributed by atoms with Crippen molar-refractivity contribution in [2.45, 2.75) is 38.3 Å². The number of nitrogens with one attached hydrogen (secondary N) is 2. The summed E-state index contributed by atoms with van der Waals surface area (Å²) in [6, 6.07) is 0.894. The van der Waals surface area contributed by atoms with Crippen LogP contribution >= 0.6 is 12.4 Å². The lowest BCUT2D eigenvalue weighted by molar-refractivity contribution is 0.370. The average molecular weight is 257 g/mol. The van der Waals surface area contributed by atoms with E-state index in [1.165, 1.54) is 19.3 Å². The topological polar surface area (TPSA) is 49.8 Å². The second-order valence-corrected chi connectivity index (χ2v) is 4.41. The molecule has 2 rings (SSSR count). The Labute approximate surface area is 109 Å². The quantitative estimate of drug-likeness (QED) is 0.861. The van der Waals surface area contributed by atoms with Crippen molar-refractivity contribution in [2.24, 2.45) is 0 Å². The molecule has 1 fully saturated rings. The van der Waals surface area contributed by atoms with E-state index < -0.39 is 0 Å². The first kappa shape index (κ1) is 14.4. The van der Waals surface area contributed by atoms with Gasteiger partial charge in [0.2, 0.25) is 0 Å². The maximum Gasteiger partial charge on any atom is 0.0753 e. The first-order chi connectivity index (χ1) is 7.86. The fraction of sp³-hybridized carbons (Fsp3) is 0.667. The van der Waals surface area contributed by atoms with Gasteiger partial charge in [0.15, 0.2) is 0 Å². The van der Waals surface area contributed by atoms with Gasteiger partial charge in [0, 0.05) is 37.2 Å². The Hall–Kier alpha value is -0.710. The van der Waals surface area contributed by atoms with E-state index in [0.717, 1.165) is 18.8 Å². The van der Waals surface area contributed by atoms with Crippen LogP contribution in [0.4, 0.5) is 0 Å². The molecule has 0 aliphatic carbocycles. The molecule has 0 aromatic carbocycles. The summed E-state index contributed by atoms with van der Waals surface area (Å²) < 4.78 is 0. The Morgan fingerprint density at radius 3 is 3.00 bits per heavy atom. The van der Waals surface area contributed by atoms with Crippen LogP contribution in [0.1, 0.15) is 37.9 Å². The predicted molar refractivity (Wildman–Crippen MR) is 71.3 cm³/mol. The van der Waals surface area contributed by atoms with E-state index in [0.29, 0.717) is 6.04 Å². The molecule has 0 radical (unpaired) electrons. The summed E-state index contributed by atoms with van der Waals surface area (Å²) in [5.41, 5.74) is 1.01. The molecule has 1 aliphatic rings. The Balaban J connectivity index is 0.00000144. The largest absolute Gasteiger partial charge is 0.313 e. The highest BCUT2D eigenvalue weighted by molar-refractivity contribution is 5.85. The van der Waals surface area contributed by atoms with Crippen molar-refractivity contribution in [1.82, 2.24) is 20.6 Å². The van der Waals surface area contributed by atoms with Crippen molar-refractivity contribution in [2.75, 3.05) is 13.1 Å². The predicted octanol–water partition coefficient (Wildman–Crippen LogP) is 1.69. The standard InChI is InChI=1S/C12H20N4.ClH/c1-10(12-9-13-6-7-15-12)16-8-11-4-2-3-5-14-11;/h6-7,9-11,14,16H,2-5,8H2,1H3;1H. The maximum atomic E-state index is 4.30. The molecule has 1 aliphatic heterocycles. The van der Waals surface area contributed by atoms with Gasteiger partial charge in [0.05, 0.1) is 5.69 Å². The highest BCUT2D eigenvalue weighted by Crippen LogP contribution is 2.09. The first-order valence-electron chi connectivity index (χ1n) is 6.09. The SMILES string of the molecule is CC(NCC1CCCCN1)c1cnccn1.Cl. The van der Waals surface area contributed by atoms with E-state index in [1.807, 2.05) is 6.20 Å². The van der Waals surface area contributed by atoms with Gasteiger partial charge < -0.3 is 10.6 Å². The van der Waals surface area contributed by atoms with Gasteiger partial charge in [0.25, 0.3) is 0 Å². The van der Waals surface area contributed by atoms with Crippen LogP contribution in [-0.2, 0) is 0 Å². The zero-order valence-corrected chi connectivity index (χ0v) is 11.0. The van der Waals surface area contributed by atoms with E-state index >= 15 is 0 Å². The van der Waals surface area contributed by atoms with E-state index in [9.17, 15) is 0 Å². The van der Waals surface area contributed by atoms with Crippen LogP contribution < -0.4 is 10.6 Å². The van der Waals surface area contributed by atoms with Crippen molar-refractivity contribution in [3.63, 3.8) is 0 Å². The molecule has 96 valence electrons. The summed E-state index contributed by atoms with van der Waals surface area (Å²) >= 11 is 0. The summed E-state index contributed by atoms with van der Waals surface area (Å²) in [6.07, 6.45) is 9.21. The van der Waals surface area contributed by atoms with E-state index in [1.54, 1.807) is 12.4 Å². The number of rotatable bonds is 4. The Morgan fingerprint density at radius 1 is 1.47 bits per heavy atom. The number of nitrogens with zero attached hydrogens (tertiary/aromatic N) is 2. The van der Waals surface area contributed by atoms with Gasteiger partial charge in [-0.1, -0.05) is 6.42 Å². The summed E-state index contributed by atoms with van der Waals surface area (Å²) in [7, 11) is 0.